The minimum Gasteiger partial charge on any atom is -0.429 e. The van der Waals surface area contributed by atoms with Crippen molar-refractivity contribution < 1.29 is 19.7 Å². The first-order valence-corrected chi connectivity index (χ1v) is 11.2. The van der Waals surface area contributed by atoms with Crippen molar-refractivity contribution in [3.8, 4) is 0 Å². The van der Waals surface area contributed by atoms with E-state index in [1.807, 2.05) is 6.08 Å². The van der Waals surface area contributed by atoms with Crippen LogP contribution in [-0.4, -0.2) is 28.6 Å². The van der Waals surface area contributed by atoms with Crippen molar-refractivity contribution >= 4 is 5.97 Å². The van der Waals surface area contributed by atoms with Crippen LogP contribution in [0.15, 0.2) is 35.5 Å². The third kappa shape index (κ3) is 4.25. The Balaban J connectivity index is 1.64. The smallest absolute Gasteiger partial charge is 0.333 e. The summed E-state index contributed by atoms with van der Waals surface area (Å²) in [7, 11) is 0. The van der Waals surface area contributed by atoms with Gasteiger partial charge in [0.25, 0.3) is 0 Å². The molecule has 1 heterocycles. The number of cyclic esters (lactones) is 1. The molecule has 6 atom stereocenters. The average molecular weight is 403 g/mol. The van der Waals surface area contributed by atoms with Gasteiger partial charge in [-0.15, -0.1) is 0 Å². The van der Waals surface area contributed by atoms with Crippen LogP contribution in [0, 0.1) is 22.7 Å². The van der Waals surface area contributed by atoms with Gasteiger partial charge in [0.2, 0.25) is 6.29 Å². The van der Waals surface area contributed by atoms with Crippen LogP contribution < -0.4 is 0 Å². The van der Waals surface area contributed by atoms with Crippen molar-refractivity contribution in [3.63, 3.8) is 0 Å². The van der Waals surface area contributed by atoms with E-state index in [0.717, 1.165) is 12.8 Å². The first kappa shape index (κ1) is 22.3. The van der Waals surface area contributed by atoms with E-state index >= 15 is 0 Å². The second kappa shape index (κ2) is 8.39. The lowest BCUT2D eigenvalue weighted by atomic mass is 9.46. The summed E-state index contributed by atoms with van der Waals surface area (Å²) in [5, 5.41) is 20.0. The molecule has 2 N–H and O–H groups in total. The number of aliphatic hydroxyl groups is 2. The molecule has 2 aliphatic carbocycles. The number of esters is 1. The molecule has 1 unspecified atom stereocenters. The van der Waals surface area contributed by atoms with E-state index in [1.165, 1.54) is 49.3 Å². The quantitative estimate of drug-likeness (QED) is 0.481. The van der Waals surface area contributed by atoms with Crippen molar-refractivity contribution in [2.45, 2.75) is 91.5 Å². The van der Waals surface area contributed by atoms with E-state index < -0.39 is 18.4 Å². The Hall–Kier alpha value is -1.39. The van der Waals surface area contributed by atoms with Crippen LogP contribution in [0.4, 0.5) is 0 Å². The van der Waals surface area contributed by atoms with E-state index in [-0.39, 0.29) is 11.0 Å². The lowest BCUT2D eigenvalue weighted by molar-refractivity contribution is -0.151. The fourth-order valence-corrected chi connectivity index (χ4v) is 6.09. The number of aliphatic hydroxyl groups excluding tert-OH is 2. The molecule has 29 heavy (non-hydrogen) atoms. The molecule has 3 rings (SSSR count). The van der Waals surface area contributed by atoms with Crippen LogP contribution in [0.3, 0.4) is 0 Å². The van der Waals surface area contributed by atoms with Gasteiger partial charge in [-0.05, 0) is 81.0 Å². The molecule has 0 bridgehead atoms. The maximum absolute atomic E-state index is 11.2. The van der Waals surface area contributed by atoms with Crippen LogP contribution in [0.1, 0.15) is 79.1 Å². The molecule has 2 fully saturated rings. The second-order valence-electron chi connectivity index (χ2n) is 10.1. The van der Waals surface area contributed by atoms with Gasteiger partial charge in [0.05, 0.1) is 6.10 Å². The molecule has 162 valence electrons. The van der Waals surface area contributed by atoms with Gasteiger partial charge in [0.1, 0.15) is 0 Å². The molecule has 0 aromatic heterocycles. The van der Waals surface area contributed by atoms with Gasteiger partial charge in [0.15, 0.2) is 0 Å². The van der Waals surface area contributed by atoms with Gasteiger partial charge in [-0.1, -0.05) is 44.6 Å². The topological polar surface area (TPSA) is 66.8 Å². The van der Waals surface area contributed by atoms with Crippen LogP contribution in [0.2, 0.25) is 0 Å². The number of hydrogen-bond acceptors (Lipinski definition) is 4. The molecule has 2 saturated carbocycles. The van der Waals surface area contributed by atoms with Crippen LogP contribution in [0.5, 0.6) is 0 Å². The summed E-state index contributed by atoms with van der Waals surface area (Å²) in [6, 6.07) is 0. The predicted molar refractivity (Wildman–Crippen MR) is 115 cm³/mol. The predicted octanol–water partition coefficient (Wildman–Crippen LogP) is 5.06. The summed E-state index contributed by atoms with van der Waals surface area (Å²) in [5.41, 5.74) is 3.55. The van der Waals surface area contributed by atoms with Gasteiger partial charge in [-0.25, -0.2) is 4.79 Å². The number of carbonyl (C=O) groups is 1. The molecule has 0 aromatic rings. The largest absolute Gasteiger partial charge is 0.429 e. The molecular formula is C25H38O4. The average Bonchev–Trinajstić information content (AvgIpc) is 3.01. The zero-order valence-electron chi connectivity index (χ0n) is 18.5. The van der Waals surface area contributed by atoms with Crippen molar-refractivity contribution in [3.05, 3.63) is 35.5 Å². The summed E-state index contributed by atoms with van der Waals surface area (Å²) >= 11 is 0. The van der Waals surface area contributed by atoms with Crippen molar-refractivity contribution in [2.24, 2.45) is 22.7 Å². The highest BCUT2D eigenvalue weighted by molar-refractivity contribution is 5.85. The number of carbonyl (C=O) groups excluding carboxylic acids is 1. The summed E-state index contributed by atoms with van der Waals surface area (Å²) < 4.78 is 4.66. The summed E-state index contributed by atoms with van der Waals surface area (Å²) in [6.07, 6.45) is 9.85. The maximum atomic E-state index is 11.2. The molecule has 1 aliphatic heterocycles. The molecule has 0 aromatic carbocycles. The lowest BCUT2D eigenvalue weighted by Crippen LogP contribution is -2.50. The number of rotatable bonds is 6. The van der Waals surface area contributed by atoms with Gasteiger partial charge in [-0.2, -0.15) is 0 Å². The molecule has 0 saturated heterocycles. The van der Waals surface area contributed by atoms with Crippen molar-refractivity contribution in [1.29, 1.82) is 0 Å². The van der Waals surface area contributed by atoms with E-state index in [9.17, 15) is 15.0 Å². The Kier molecular flexibility index (Phi) is 6.45. The Morgan fingerprint density at radius 2 is 2.14 bits per heavy atom. The maximum Gasteiger partial charge on any atom is 0.333 e. The Labute approximate surface area is 175 Å². The fourth-order valence-electron chi connectivity index (χ4n) is 6.09. The minimum absolute atomic E-state index is 0.253. The highest BCUT2D eigenvalue weighted by Gasteiger charge is 2.53. The fraction of sp³-hybridized carbons (Fsp3) is 0.720. The van der Waals surface area contributed by atoms with E-state index in [2.05, 4.69) is 39.0 Å². The Morgan fingerprint density at radius 3 is 2.79 bits per heavy atom. The summed E-state index contributed by atoms with van der Waals surface area (Å²) in [4.78, 5) is 11.2. The molecular weight excluding hydrogens is 364 g/mol. The lowest BCUT2D eigenvalue weighted by Gasteiger charge is -2.59. The third-order valence-electron chi connectivity index (χ3n) is 8.50. The minimum atomic E-state index is -1.31. The van der Waals surface area contributed by atoms with Gasteiger partial charge in [0, 0.05) is 11.6 Å². The van der Waals surface area contributed by atoms with E-state index in [4.69, 9.17) is 0 Å². The summed E-state index contributed by atoms with van der Waals surface area (Å²) in [6.45, 7) is 13.9. The monoisotopic (exact) mass is 402 g/mol. The molecule has 0 amide bonds. The standard InChI is InChI=1S/C25H38O4/c1-16(9-10-20(26)19-15-22(27)29-23(19)28)11-13-24(4)18(3)12-14-25(5)17(2)7-6-8-21(24)25/h9,15,18,20-21,23,26,28H,2,6-8,10-14H2,1,3-5H3/b16-9+/t18-,20-,21-,23?,24+,25+/m1/s1. The van der Waals surface area contributed by atoms with Crippen molar-refractivity contribution in [1.82, 2.24) is 0 Å². The van der Waals surface area contributed by atoms with Crippen LogP contribution >= 0.6 is 0 Å². The van der Waals surface area contributed by atoms with Gasteiger partial charge >= 0.3 is 5.97 Å². The number of hydrogen-bond donors (Lipinski definition) is 2. The molecule has 0 spiro atoms. The molecule has 4 nitrogen and oxygen atoms in total. The Bertz CT molecular complexity index is 720. The highest BCUT2D eigenvalue weighted by atomic mass is 16.6. The van der Waals surface area contributed by atoms with Crippen LogP contribution in [0.25, 0.3) is 0 Å². The number of fused-ring (bicyclic) bond motifs is 1. The highest BCUT2D eigenvalue weighted by Crippen LogP contribution is 2.62. The van der Waals surface area contributed by atoms with E-state index in [0.29, 0.717) is 23.7 Å². The number of ether oxygens (including phenoxy) is 1. The number of allylic oxidation sites excluding steroid dienone is 2. The SMILES string of the molecule is C=C1CCC[C@@H]2[C@@](C)(CC/C(C)=C/C[C@@H](O)C3=CC(=O)OC3O)[C@H](C)CC[C@@]12C. The van der Waals surface area contributed by atoms with Gasteiger partial charge in [-0.3, -0.25) is 0 Å². The van der Waals surface area contributed by atoms with Crippen LogP contribution in [-0.2, 0) is 9.53 Å². The van der Waals surface area contributed by atoms with Crippen molar-refractivity contribution in [2.75, 3.05) is 0 Å². The molecule has 4 heteroatoms. The van der Waals surface area contributed by atoms with E-state index in [1.54, 1.807) is 0 Å². The Morgan fingerprint density at radius 1 is 1.41 bits per heavy atom. The van der Waals surface area contributed by atoms with Gasteiger partial charge < -0.3 is 14.9 Å². The normalized spacial score (nSPS) is 39.0. The summed E-state index contributed by atoms with van der Waals surface area (Å²) in [5.74, 6) is 0.802. The zero-order valence-corrected chi connectivity index (χ0v) is 18.5. The molecule has 3 aliphatic rings. The zero-order chi connectivity index (χ0) is 21.4. The second-order valence-corrected chi connectivity index (χ2v) is 10.1. The first-order valence-electron chi connectivity index (χ1n) is 11.2. The first-order chi connectivity index (χ1) is 13.6. The molecule has 0 radical (unpaired) electrons. The third-order valence-corrected chi connectivity index (χ3v) is 8.50.